The van der Waals surface area contributed by atoms with Crippen molar-refractivity contribution >= 4 is 5.90 Å². The van der Waals surface area contributed by atoms with Crippen molar-refractivity contribution in [2.75, 3.05) is 0 Å². The summed E-state index contributed by atoms with van der Waals surface area (Å²) in [6.45, 7) is 4.00. The van der Waals surface area contributed by atoms with Crippen LogP contribution >= 0.6 is 0 Å². The van der Waals surface area contributed by atoms with Gasteiger partial charge in [0, 0.05) is 12.1 Å². The molecule has 0 fully saturated rings. The van der Waals surface area contributed by atoms with Gasteiger partial charge in [0.05, 0.1) is 5.90 Å². The molecule has 0 saturated carbocycles. The topological polar surface area (TPSA) is 39.3 Å². The first-order chi connectivity index (χ1) is 8.70. The quantitative estimate of drug-likeness (QED) is 0.454. The predicted molar refractivity (Wildman–Crippen MR) is 69.1 cm³/mol. The molecule has 0 spiro atoms. The zero-order valence-corrected chi connectivity index (χ0v) is 10.6. The maximum absolute atomic E-state index is 12.0. The van der Waals surface area contributed by atoms with Crippen molar-refractivity contribution in [1.29, 1.82) is 0 Å². The Morgan fingerprint density at radius 2 is 1.83 bits per heavy atom. The average molecular weight is 240 g/mol. The summed E-state index contributed by atoms with van der Waals surface area (Å²) in [5.41, 5.74) is 2.81. The molecule has 1 heterocycles. The highest BCUT2D eigenvalue weighted by Gasteiger charge is 2.01. The number of hydrogen-bond donors (Lipinski definition) is 0. The van der Waals surface area contributed by atoms with Gasteiger partial charge in [0.1, 0.15) is 0 Å². The van der Waals surface area contributed by atoms with Crippen molar-refractivity contribution < 1.29 is 9.78 Å². The van der Waals surface area contributed by atoms with Crippen LogP contribution in [0.3, 0.4) is 0 Å². The number of benzene rings is 1. The highest BCUT2D eigenvalue weighted by molar-refractivity contribution is 5.91. The third kappa shape index (κ3) is 2.74. The van der Waals surface area contributed by atoms with E-state index in [1.807, 2.05) is 37.3 Å². The van der Waals surface area contributed by atoms with Gasteiger partial charge in [-0.05, 0) is 35.1 Å². The molecule has 0 unspecified atom stereocenters. The number of aryl methyl sites for hydroxylation is 2. The van der Waals surface area contributed by atoms with Gasteiger partial charge in [-0.3, -0.25) is 0 Å². The molecule has 0 aliphatic rings. The van der Waals surface area contributed by atoms with Crippen molar-refractivity contribution in [3.05, 3.63) is 65.5 Å². The molecule has 0 aliphatic heterocycles. The third-order valence-electron chi connectivity index (χ3n) is 2.87. The van der Waals surface area contributed by atoms with Gasteiger partial charge in [-0.15, -0.1) is 0 Å². The lowest BCUT2D eigenvalue weighted by molar-refractivity contribution is -0.681. The second kappa shape index (κ2) is 5.45. The fourth-order valence-corrected chi connectivity index (χ4v) is 1.72. The van der Waals surface area contributed by atoms with Gasteiger partial charge in [0.15, 0.2) is 0 Å². The molecule has 3 nitrogen and oxygen atoms in total. The Labute approximate surface area is 107 Å². The Kier molecular flexibility index (Phi) is 3.72. The zero-order valence-electron chi connectivity index (χ0n) is 10.6. The minimum absolute atomic E-state index is 0.220. The van der Waals surface area contributed by atoms with E-state index in [4.69, 9.17) is 0 Å². The van der Waals surface area contributed by atoms with Gasteiger partial charge in [-0.1, -0.05) is 35.9 Å². The molecular formula is C15H16N2O. The second-order valence-corrected chi connectivity index (χ2v) is 4.16. The van der Waals surface area contributed by atoms with E-state index in [1.165, 1.54) is 5.56 Å². The maximum atomic E-state index is 12.0. The largest absolute Gasteiger partial charge is 0.854 e. The number of aromatic nitrogens is 1. The molecule has 1 aromatic heterocycles. The molecule has 92 valence electrons. The summed E-state index contributed by atoms with van der Waals surface area (Å²) in [4.78, 5) is 0. The lowest BCUT2D eigenvalue weighted by Gasteiger charge is -2.09. The molecule has 0 atom stereocenters. The first-order valence-electron chi connectivity index (χ1n) is 6.03. The minimum Gasteiger partial charge on any atom is -0.854 e. The summed E-state index contributed by atoms with van der Waals surface area (Å²) >= 11 is 0. The van der Waals surface area contributed by atoms with Crippen LogP contribution in [0, 0.1) is 6.92 Å². The summed E-state index contributed by atoms with van der Waals surface area (Å²) in [5, 5.41) is 16.0. The Hall–Kier alpha value is -2.16. The van der Waals surface area contributed by atoms with Crippen LogP contribution in [0.15, 0.2) is 53.9 Å². The van der Waals surface area contributed by atoms with E-state index < -0.39 is 0 Å². The monoisotopic (exact) mass is 240 g/mol. The molecule has 0 amide bonds. The summed E-state index contributed by atoms with van der Waals surface area (Å²) in [6.07, 6.45) is 4.58. The van der Waals surface area contributed by atoms with Gasteiger partial charge >= 0.3 is 0 Å². The van der Waals surface area contributed by atoms with E-state index in [1.54, 1.807) is 23.1 Å². The van der Waals surface area contributed by atoms with E-state index in [0.29, 0.717) is 5.56 Å². The Balaban J connectivity index is 2.29. The van der Waals surface area contributed by atoms with Gasteiger partial charge in [-0.2, -0.15) is 0 Å². The molecule has 0 aliphatic carbocycles. The SMILES string of the molecule is CCc1cc[n+](/N=C(/[O-])c2ccccc2C)cc1. The predicted octanol–water partition coefficient (Wildman–Crippen LogP) is 1.42. The Bertz CT molecular complexity index is 559. The smallest absolute Gasteiger partial charge is 0.202 e. The molecular weight excluding hydrogens is 224 g/mol. The summed E-state index contributed by atoms with van der Waals surface area (Å²) in [6, 6.07) is 11.4. The summed E-state index contributed by atoms with van der Waals surface area (Å²) < 4.78 is 1.55. The number of hydrogen-bond acceptors (Lipinski definition) is 2. The van der Waals surface area contributed by atoms with Gasteiger partial charge in [0.2, 0.25) is 12.4 Å². The number of pyridine rings is 1. The first-order valence-corrected chi connectivity index (χ1v) is 6.03. The number of rotatable bonds is 3. The molecule has 18 heavy (non-hydrogen) atoms. The van der Waals surface area contributed by atoms with E-state index in [9.17, 15) is 5.11 Å². The third-order valence-corrected chi connectivity index (χ3v) is 2.87. The standard InChI is InChI=1S/C15H16N2O/c1-3-13-8-10-17(11-9-13)16-15(18)14-7-5-4-6-12(14)2/h4-11H,3H2,1-2H3. The van der Waals surface area contributed by atoms with Crippen molar-refractivity contribution in [2.24, 2.45) is 5.10 Å². The van der Waals surface area contributed by atoms with Crippen LogP contribution in [-0.4, -0.2) is 5.90 Å². The van der Waals surface area contributed by atoms with Gasteiger partial charge in [0.25, 0.3) is 0 Å². The van der Waals surface area contributed by atoms with Crippen LogP contribution < -0.4 is 9.78 Å². The van der Waals surface area contributed by atoms with Gasteiger partial charge < -0.3 is 5.11 Å². The molecule has 1 aromatic carbocycles. The average Bonchev–Trinajstić information content (AvgIpc) is 2.40. The number of nitrogens with zero attached hydrogens (tertiary/aromatic N) is 2. The molecule has 2 aromatic rings. The van der Waals surface area contributed by atoms with Gasteiger partial charge in [-0.25, -0.2) is 0 Å². The molecule has 0 saturated heterocycles. The molecule has 0 bridgehead atoms. The molecule has 0 N–H and O–H groups in total. The lowest BCUT2D eigenvalue weighted by atomic mass is 10.1. The van der Waals surface area contributed by atoms with E-state index in [-0.39, 0.29) is 5.90 Å². The summed E-state index contributed by atoms with van der Waals surface area (Å²) in [7, 11) is 0. The first kappa shape index (κ1) is 12.3. The second-order valence-electron chi connectivity index (χ2n) is 4.16. The van der Waals surface area contributed by atoms with Crippen molar-refractivity contribution in [3.8, 4) is 0 Å². The minimum atomic E-state index is -0.220. The fraction of sp³-hybridized carbons (Fsp3) is 0.200. The highest BCUT2D eigenvalue weighted by atomic mass is 16.3. The van der Waals surface area contributed by atoms with Crippen molar-refractivity contribution in [2.45, 2.75) is 20.3 Å². The Morgan fingerprint density at radius 3 is 2.44 bits per heavy atom. The molecule has 2 rings (SSSR count). The van der Waals surface area contributed by atoms with Crippen LogP contribution in [0.1, 0.15) is 23.6 Å². The van der Waals surface area contributed by atoms with Crippen molar-refractivity contribution in [1.82, 2.24) is 0 Å². The van der Waals surface area contributed by atoms with Crippen LogP contribution in [0.5, 0.6) is 0 Å². The van der Waals surface area contributed by atoms with Crippen molar-refractivity contribution in [3.63, 3.8) is 0 Å². The lowest BCUT2D eigenvalue weighted by Crippen LogP contribution is -2.33. The maximum Gasteiger partial charge on any atom is 0.202 e. The van der Waals surface area contributed by atoms with E-state index >= 15 is 0 Å². The highest BCUT2D eigenvalue weighted by Crippen LogP contribution is 2.05. The Morgan fingerprint density at radius 1 is 1.17 bits per heavy atom. The fourth-order valence-electron chi connectivity index (χ4n) is 1.72. The molecule has 3 heteroatoms. The van der Waals surface area contributed by atoms with E-state index in [0.717, 1.165) is 12.0 Å². The van der Waals surface area contributed by atoms with Crippen LogP contribution in [0.25, 0.3) is 0 Å². The normalized spacial score (nSPS) is 11.6. The van der Waals surface area contributed by atoms with Crippen LogP contribution in [0.2, 0.25) is 0 Å². The van der Waals surface area contributed by atoms with Crippen LogP contribution in [0.4, 0.5) is 0 Å². The van der Waals surface area contributed by atoms with Crippen LogP contribution in [-0.2, 0) is 6.42 Å². The molecule has 0 radical (unpaired) electrons. The summed E-state index contributed by atoms with van der Waals surface area (Å²) in [5.74, 6) is -0.220. The zero-order chi connectivity index (χ0) is 13.0. The van der Waals surface area contributed by atoms with E-state index in [2.05, 4.69) is 12.0 Å².